The molecule has 1 saturated heterocycles. The predicted molar refractivity (Wildman–Crippen MR) is 127 cm³/mol. The molecule has 0 aromatic heterocycles. The van der Waals surface area contributed by atoms with Crippen molar-refractivity contribution in [3.05, 3.63) is 59.2 Å². The van der Waals surface area contributed by atoms with Gasteiger partial charge in [0.1, 0.15) is 24.7 Å². The number of likely N-dealkylation sites (tertiary alicyclic amines) is 1. The van der Waals surface area contributed by atoms with Gasteiger partial charge >= 0.3 is 0 Å². The molecule has 2 aliphatic rings. The van der Waals surface area contributed by atoms with Crippen LogP contribution in [0.15, 0.2) is 48.0 Å². The van der Waals surface area contributed by atoms with Crippen LogP contribution in [0.4, 0.5) is 0 Å². The maximum Gasteiger partial charge on any atom is 0.295 e. The summed E-state index contributed by atoms with van der Waals surface area (Å²) in [6.07, 6.45) is 0.692. The highest BCUT2D eigenvalue weighted by atomic mass is 16.6. The number of rotatable bonds is 8. The Hall–Kier alpha value is -3.52. The molecule has 8 heteroatoms. The Morgan fingerprint density at radius 2 is 1.79 bits per heavy atom. The zero-order chi connectivity index (χ0) is 24.2. The molecule has 8 nitrogen and oxygen atoms in total. The summed E-state index contributed by atoms with van der Waals surface area (Å²) < 4.78 is 16.7. The van der Waals surface area contributed by atoms with E-state index in [-0.39, 0.29) is 11.3 Å². The molecule has 0 saturated carbocycles. The summed E-state index contributed by atoms with van der Waals surface area (Å²) in [5.74, 6) is 0.225. The van der Waals surface area contributed by atoms with Crippen LogP contribution < -0.4 is 14.2 Å². The Morgan fingerprint density at radius 1 is 1.09 bits per heavy atom. The molecule has 1 atom stereocenters. The number of amides is 1. The van der Waals surface area contributed by atoms with Crippen molar-refractivity contribution >= 4 is 17.4 Å². The van der Waals surface area contributed by atoms with Gasteiger partial charge in [0.2, 0.25) is 0 Å². The van der Waals surface area contributed by atoms with Crippen LogP contribution in [0.5, 0.6) is 17.2 Å². The minimum atomic E-state index is -0.703. The van der Waals surface area contributed by atoms with E-state index < -0.39 is 17.7 Å². The molecule has 0 aliphatic carbocycles. The fourth-order valence-electron chi connectivity index (χ4n) is 4.27. The number of carbonyl (C=O) groups excluding carboxylic acids is 2. The summed E-state index contributed by atoms with van der Waals surface area (Å²) >= 11 is 0. The number of aliphatic hydroxyl groups excluding tert-OH is 1. The van der Waals surface area contributed by atoms with Crippen LogP contribution in [-0.2, 0) is 9.59 Å². The first kappa shape index (κ1) is 23.6. The van der Waals surface area contributed by atoms with Crippen LogP contribution in [0.25, 0.3) is 5.76 Å². The molecule has 0 bridgehead atoms. The smallest absolute Gasteiger partial charge is 0.295 e. The molecule has 1 fully saturated rings. The lowest BCUT2D eigenvalue weighted by Gasteiger charge is -2.26. The van der Waals surface area contributed by atoms with Gasteiger partial charge < -0.3 is 29.1 Å². The van der Waals surface area contributed by atoms with Crippen LogP contribution >= 0.6 is 0 Å². The van der Waals surface area contributed by atoms with E-state index in [0.29, 0.717) is 55.6 Å². The number of hydrogen-bond acceptors (Lipinski definition) is 7. The number of ketones is 1. The highest BCUT2D eigenvalue weighted by molar-refractivity contribution is 6.46. The summed E-state index contributed by atoms with van der Waals surface area (Å²) in [7, 11) is 3.92. The second-order valence-electron chi connectivity index (χ2n) is 8.51. The van der Waals surface area contributed by atoms with Gasteiger partial charge in [-0.1, -0.05) is 12.1 Å². The van der Waals surface area contributed by atoms with Crippen LogP contribution in [-0.4, -0.2) is 73.6 Å². The van der Waals surface area contributed by atoms with Gasteiger partial charge in [-0.25, -0.2) is 0 Å². The van der Waals surface area contributed by atoms with E-state index in [1.165, 1.54) is 0 Å². The number of hydrogen-bond donors (Lipinski definition) is 1. The van der Waals surface area contributed by atoms with Gasteiger partial charge in [0.15, 0.2) is 11.5 Å². The first-order valence-electron chi connectivity index (χ1n) is 11.5. The van der Waals surface area contributed by atoms with Crippen molar-refractivity contribution in [2.75, 3.05) is 47.0 Å². The standard InChI is InChI=1S/C26H30N2O6/c1-4-32-19-9-6-17(7-10-19)23-22(25(30)26(31)28(23)13-5-12-27(2)3)24(29)18-8-11-20-21(16-18)34-15-14-33-20/h6-11,16,23,29H,4-5,12-15H2,1-3H3/t23-/m0/s1. The Morgan fingerprint density at radius 3 is 2.47 bits per heavy atom. The summed E-state index contributed by atoms with van der Waals surface area (Å²) in [4.78, 5) is 29.8. The fraction of sp³-hybridized carbons (Fsp3) is 0.385. The molecule has 2 aliphatic heterocycles. The average Bonchev–Trinajstić information content (AvgIpc) is 3.09. The lowest BCUT2D eigenvalue weighted by Crippen LogP contribution is -2.32. The first-order chi connectivity index (χ1) is 16.4. The zero-order valence-corrected chi connectivity index (χ0v) is 19.7. The summed E-state index contributed by atoms with van der Waals surface area (Å²) in [6.45, 7) is 4.45. The SMILES string of the molecule is CCOc1ccc([C@H]2C(=C(O)c3ccc4c(c3)OCCO4)C(=O)C(=O)N2CCCN(C)C)cc1. The maximum absolute atomic E-state index is 13.2. The van der Waals surface area contributed by atoms with Gasteiger partial charge in [0.05, 0.1) is 18.2 Å². The Labute approximate surface area is 199 Å². The molecular weight excluding hydrogens is 436 g/mol. The first-order valence-corrected chi connectivity index (χ1v) is 11.5. The molecule has 0 radical (unpaired) electrons. The molecule has 2 aromatic carbocycles. The Kier molecular flexibility index (Phi) is 7.07. The second-order valence-corrected chi connectivity index (χ2v) is 8.51. The van der Waals surface area contributed by atoms with Gasteiger partial charge in [-0.15, -0.1) is 0 Å². The third kappa shape index (κ3) is 4.72. The van der Waals surface area contributed by atoms with E-state index in [1.807, 2.05) is 50.2 Å². The van der Waals surface area contributed by atoms with E-state index in [4.69, 9.17) is 14.2 Å². The normalized spacial score (nSPS) is 19.1. The number of benzene rings is 2. The van der Waals surface area contributed by atoms with E-state index in [9.17, 15) is 14.7 Å². The lowest BCUT2D eigenvalue weighted by molar-refractivity contribution is -0.139. The summed E-state index contributed by atoms with van der Waals surface area (Å²) in [6, 6.07) is 11.6. The number of nitrogens with zero attached hydrogens (tertiary/aromatic N) is 2. The van der Waals surface area contributed by atoms with Crippen LogP contribution in [0.2, 0.25) is 0 Å². The second kappa shape index (κ2) is 10.2. The quantitative estimate of drug-likeness (QED) is 0.363. The third-order valence-corrected chi connectivity index (χ3v) is 5.87. The average molecular weight is 467 g/mol. The van der Waals surface area contributed by atoms with E-state index in [0.717, 1.165) is 12.1 Å². The predicted octanol–water partition coefficient (Wildman–Crippen LogP) is 3.23. The highest BCUT2D eigenvalue weighted by Crippen LogP contribution is 2.41. The molecule has 0 unspecified atom stereocenters. The van der Waals surface area contributed by atoms with Crippen molar-refractivity contribution in [1.82, 2.24) is 9.80 Å². The number of ether oxygens (including phenoxy) is 3. The summed E-state index contributed by atoms with van der Waals surface area (Å²) in [5, 5.41) is 11.3. The van der Waals surface area contributed by atoms with Gasteiger partial charge in [0, 0.05) is 12.1 Å². The number of Topliss-reactive ketones (excluding diaryl/α,β-unsaturated/α-hetero) is 1. The molecule has 4 rings (SSSR count). The number of fused-ring (bicyclic) bond motifs is 1. The number of aliphatic hydroxyl groups is 1. The largest absolute Gasteiger partial charge is 0.507 e. The van der Waals surface area contributed by atoms with Crippen molar-refractivity contribution in [1.29, 1.82) is 0 Å². The molecular formula is C26H30N2O6. The van der Waals surface area contributed by atoms with E-state index >= 15 is 0 Å². The molecule has 34 heavy (non-hydrogen) atoms. The molecule has 2 heterocycles. The Bertz CT molecular complexity index is 1090. The third-order valence-electron chi connectivity index (χ3n) is 5.87. The Balaban J connectivity index is 1.76. The van der Waals surface area contributed by atoms with Crippen molar-refractivity contribution in [3.8, 4) is 17.2 Å². The topological polar surface area (TPSA) is 88.5 Å². The van der Waals surface area contributed by atoms with Crippen LogP contribution in [0.1, 0.15) is 30.5 Å². The highest BCUT2D eigenvalue weighted by Gasteiger charge is 2.45. The summed E-state index contributed by atoms with van der Waals surface area (Å²) in [5.41, 5.74) is 1.19. The van der Waals surface area contributed by atoms with Gasteiger partial charge in [-0.05, 0) is 69.9 Å². The minimum Gasteiger partial charge on any atom is -0.507 e. The van der Waals surface area contributed by atoms with Crippen LogP contribution in [0.3, 0.4) is 0 Å². The van der Waals surface area contributed by atoms with Gasteiger partial charge in [-0.2, -0.15) is 0 Å². The van der Waals surface area contributed by atoms with Gasteiger partial charge in [0.25, 0.3) is 11.7 Å². The monoisotopic (exact) mass is 466 g/mol. The van der Waals surface area contributed by atoms with E-state index in [2.05, 4.69) is 0 Å². The molecule has 1 amide bonds. The maximum atomic E-state index is 13.2. The lowest BCUT2D eigenvalue weighted by atomic mass is 9.95. The van der Waals surface area contributed by atoms with Gasteiger partial charge in [-0.3, -0.25) is 9.59 Å². The molecule has 2 aromatic rings. The fourth-order valence-corrected chi connectivity index (χ4v) is 4.27. The number of carbonyl (C=O) groups is 2. The zero-order valence-electron chi connectivity index (χ0n) is 19.7. The van der Waals surface area contributed by atoms with Crippen LogP contribution in [0, 0.1) is 0 Å². The molecule has 0 spiro atoms. The van der Waals surface area contributed by atoms with Crippen molar-refractivity contribution in [2.24, 2.45) is 0 Å². The van der Waals surface area contributed by atoms with Crippen molar-refractivity contribution in [2.45, 2.75) is 19.4 Å². The van der Waals surface area contributed by atoms with Crippen molar-refractivity contribution < 1.29 is 28.9 Å². The van der Waals surface area contributed by atoms with E-state index in [1.54, 1.807) is 23.1 Å². The molecule has 180 valence electrons. The molecule has 1 N–H and O–H groups in total. The van der Waals surface area contributed by atoms with Crippen molar-refractivity contribution in [3.63, 3.8) is 0 Å². The minimum absolute atomic E-state index is 0.0655.